The summed E-state index contributed by atoms with van der Waals surface area (Å²) in [7, 11) is 1.82. The van der Waals surface area contributed by atoms with Gasteiger partial charge in [-0.2, -0.15) is 0 Å². The van der Waals surface area contributed by atoms with E-state index < -0.39 is 5.60 Å². The Bertz CT molecular complexity index is 946. The van der Waals surface area contributed by atoms with Crippen molar-refractivity contribution in [3.05, 3.63) is 107 Å². The average Bonchev–Trinajstić information content (AvgIpc) is 3.02. The topological polar surface area (TPSA) is 9.23 Å². The van der Waals surface area contributed by atoms with Crippen LogP contribution in [0.2, 0.25) is 0 Å². The third-order valence-corrected chi connectivity index (χ3v) is 6.60. The molecule has 2 unspecified atom stereocenters. The van der Waals surface area contributed by atoms with Gasteiger partial charge in [-0.25, -0.2) is 0 Å². The van der Waals surface area contributed by atoms with Crippen molar-refractivity contribution in [3.8, 4) is 0 Å². The third-order valence-electron chi connectivity index (χ3n) is 5.44. The molecule has 2 heteroatoms. The van der Waals surface area contributed by atoms with Gasteiger partial charge in [-0.3, -0.25) is 0 Å². The van der Waals surface area contributed by atoms with E-state index in [1.54, 1.807) is 0 Å². The lowest BCUT2D eigenvalue weighted by Crippen LogP contribution is -2.32. The van der Waals surface area contributed by atoms with E-state index in [2.05, 4.69) is 114 Å². The molecule has 130 valence electrons. The van der Waals surface area contributed by atoms with Gasteiger partial charge in [0.25, 0.3) is 0 Å². The second-order valence-corrected chi connectivity index (χ2v) is 7.87. The van der Waals surface area contributed by atoms with Crippen molar-refractivity contribution >= 4 is 31.7 Å². The predicted molar refractivity (Wildman–Crippen MR) is 117 cm³/mol. The highest BCUT2D eigenvalue weighted by atomic mass is 127. The van der Waals surface area contributed by atoms with E-state index in [4.69, 9.17) is 4.74 Å². The van der Waals surface area contributed by atoms with Crippen LogP contribution in [0, 0.1) is 0 Å². The highest BCUT2D eigenvalue weighted by Crippen LogP contribution is 2.57. The van der Waals surface area contributed by atoms with Crippen LogP contribution in [0.1, 0.15) is 35.1 Å². The number of rotatable bonds is 4. The molecule has 0 amide bonds. The maximum Gasteiger partial charge on any atom is 0.101 e. The van der Waals surface area contributed by atoms with Gasteiger partial charge in [-0.05, 0) is 57.3 Å². The number of halogens is 1. The molecule has 0 aliphatic heterocycles. The van der Waals surface area contributed by atoms with Crippen molar-refractivity contribution in [2.45, 2.75) is 18.4 Å². The van der Waals surface area contributed by atoms with E-state index in [0.717, 1.165) is 0 Å². The zero-order valence-electron chi connectivity index (χ0n) is 14.9. The largest absolute Gasteiger partial charge is 0.373 e. The standard InChI is InChI=1S/C24H21IO/c1-24(26-2,18-13-7-4-8-14-18)22-19-15-9-10-16-20(19)23(25)21(22)17-11-5-3-6-12-17/h3-16,22H,1-2H3. The first-order valence-electron chi connectivity index (χ1n) is 8.82. The Hall–Kier alpha value is -1.91. The number of hydrogen-bond acceptors (Lipinski definition) is 1. The van der Waals surface area contributed by atoms with Crippen LogP contribution in [0.3, 0.4) is 0 Å². The summed E-state index contributed by atoms with van der Waals surface area (Å²) >= 11 is 2.50. The molecule has 0 bridgehead atoms. The minimum absolute atomic E-state index is 0.139. The molecule has 0 radical (unpaired) electrons. The summed E-state index contributed by atoms with van der Waals surface area (Å²) < 4.78 is 7.54. The van der Waals surface area contributed by atoms with Crippen LogP contribution < -0.4 is 0 Å². The number of ether oxygens (including phenoxy) is 1. The minimum atomic E-state index is -0.449. The monoisotopic (exact) mass is 452 g/mol. The lowest BCUT2D eigenvalue weighted by Gasteiger charge is -2.37. The van der Waals surface area contributed by atoms with Crippen LogP contribution in [-0.2, 0) is 10.3 Å². The third kappa shape index (κ3) is 2.72. The molecular formula is C24H21IO. The summed E-state index contributed by atoms with van der Waals surface area (Å²) in [5.41, 5.74) is 6.01. The van der Waals surface area contributed by atoms with Gasteiger partial charge in [-0.1, -0.05) is 84.9 Å². The van der Waals surface area contributed by atoms with E-state index in [1.165, 1.54) is 31.4 Å². The molecule has 26 heavy (non-hydrogen) atoms. The van der Waals surface area contributed by atoms with E-state index in [9.17, 15) is 0 Å². The van der Waals surface area contributed by atoms with Crippen LogP contribution in [0.15, 0.2) is 84.9 Å². The SMILES string of the molecule is COC(C)(c1ccccc1)C1C(c2ccccc2)=C(I)c2ccccc21. The van der Waals surface area contributed by atoms with Gasteiger partial charge in [0.15, 0.2) is 0 Å². The van der Waals surface area contributed by atoms with Gasteiger partial charge in [0.1, 0.15) is 5.60 Å². The highest BCUT2D eigenvalue weighted by Gasteiger charge is 2.45. The molecule has 0 aromatic heterocycles. The van der Waals surface area contributed by atoms with Gasteiger partial charge < -0.3 is 4.74 Å². The molecule has 2 atom stereocenters. The van der Waals surface area contributed by atoms with Crippen LogP contribution in [0.4, 0.5) is 0 Å². The van der Waals surface area contributed by atoms with Crippen molar-refractivity contribution in [3.63, 3.8) is 0 Å². The minimum Gasteiger partial charge on any atom is -0.373 e. The summed E-state index contributed by atoms with van der Waals surface area (Å²) in [5, 5.41) is 0. The average molecular weight is 452 g/mol. The molecule has 4 rings (SSSR count). The Morgan fingerprint density at radius 1 is 0.808 bits per heavy atom. The Balaban J connectivity index is 1.98. The molecule has 0 fully saturated rings. The first-order chi connectivity index (χ1) is 12.7. The summed E-state index contributed by atoms with van der Waals surface area (Å²) in [5.74, 6) is 0.139. The number of hydrogen-bond donors (Lipinski definition) is 0. The quantitative estimate of drug-likeness (QED) is 0.403. The number of methoxy groups -OCH3 is 1. The number of fused-ring (bicyclic) bond motifs is 1. The van der Waals surface area contributed by atoms with Crippen molar-refractivity contribution in [1.29, 1.82) is 0 Å². The Morgan fingerprint density at radius 3 is 2.04 bits per heavy atom. The molecule has 0 heterocycles. The molecule has 0 N–H and O–H groups in total. The summed E-state index contributed by atoms with van der Waals surface area (Å²) in [4.78, 5) is 0. The van der Waals surface area contributed by atoms with Crippen molar-refractivity contribution < 1.29 is 4.74 Å². The van der Waals surface area contributed by atoms with Gasteiger partial charge in [-0.15, -0.1) is 0 Å². The lowest BCUT2D eigenvalue weighted by molar-refractivity contribution is -0.00762. The maximum absolute atomic E-state index is 6.23. The smallest absolute Gasteiger partial charge is 0.101 e. The van der Waals surface area contributed by atoms with E-state index in [1.807, 2.05) is 7.11 Å². The lowest BCUT2D eigenvalue weighted by atomic mass is 9.75. The van der Waals surface area contributed by atoms with E-state index in [-0.39, 0.29) is 5.92 Å². The summed E-state index contributed by atoms with van der Waals surface area (Å²) in [6, 6.07) is 30.0. The molecule has 0 spiro atoms. The van der Waals surface area contributed by atoms with Gasteiger partial charge in [0.05, 0.1) is 0 Å². The van der Waals surface area contributed by atoms with Crippen LogP contribution in [-0.4, -0.2) is 7.11 Å². The van der Waals surface area contributed by atoms with Crippen LogP contribution in [0.5, 0.6) is 0 Å². The van der Waals surface area contributed by atoms with Crippen molar-refractivity contribution in [1.82, 2.24) is 0 Å². The fraction of sp³-hybridized carbons (Fsp3) is 0.167. The van der Waals surface area contributed by atoms with E-state index in [0.29, 0.717) is 0 Å². The molecule has 3 aromatic rings. The van der Waals surface area contributed by atoms with Crippen molar-refractivity contribution in [2.75, 3.05) is 7.11 Å². The van der Waals surface area contributed by atoms with Gasteiger partial charge >= 0.3 is 0 Å². The first kappa shape index (κ1) is 17.5. The molecular weight excluding hydrogens is 431 g/mol. The summed E-state index contributed by atoms with van der Waals surface area (Å²) in [6.45, 7) is 2.21. The molecule has 1 aliphatic rings. The second-order valence-electron chi connectivity index (χ2n) is 6.79. The number of benzene rings is 3. The molecule has 3 aromatic carbocycles. The fourth-order valence-electron chi connectivity index (χ4n) is 4.03. The van der Waals surface area contributed by atoms with E-state index >= 15 is 0 Å². The summed E-state index contributed by atoms with van der Waals surface area (Å²) in [6.07, 6.45) is 0. The normalized spacial score (nSPS) is 18.5. The Kier molecular flexibility index (Phi) is 4.72. The van der Waals surface area contributed by atoms with Crippen molar-refractivity contribution in [2.24, 2.45) is 0 Å². The molecule has 1 aliphatic carbocycles. The predicted octanol–water partition coefficient (Wildman–Crippen LogP) is 6.65. The molecule has 1 nitrogen and oxygen atoms in total. The van der Waals surface area contributed by atoms with Gasteiger partial charge in [0, 0.05) is 16.6 Å². The van der Waals surface area contributed by atoms with Crippen LogP contribution in [0.25, 0.3) is 9.15 Å². The first-order valence-corrected chi connectivity index (χ1v) is 9.89. The molecule has 0 saturated heterocycles. The zero-order chi connectivity index (χ0) is 18.1. The molecule has 0 saturated carbocycles. The van der Waals surface area contributed by atoms with Gasteiger partial charge in [0.2, 0.25) is 0 Å². The zero-order valence-corrected chi connectivity index (χ0v) is 17.1. The van der Waals surface area contributed by atoms with Crippen LogP contribution >= 0.6 is 22.6 Å². The Labute approximate surface area is 168 Å². The highest BCUT2D eigenvalue weighted by molar-refractivity contribution is 14.1. The fourth-order valence-corrected chi connectivity index (χ4v) is 5.14. The Morgan fingerprint density at radius 2 is 1.38 bits per heavy atom. The second kappa shape index (κ2) is 7.01. The maximum atomic E-state index is 6.23.